The van der Waals surface area contributed by atoms with Gasteiger partial charge in [0.05, 0.1) is 0 Å². The lowest BCUT2D eigenvalue weighted by molar-refractivity contribution is 0.0658. The summed E-state index contributed by atoms with van der Waals surface area (Å²) in [6.45, 7) is 1.78. The van der Waals surface area contributed by atoms with Crippen LogP contribution in [0.1, 0.15) is 17.3 Å². The zero-order valence-electron chi connectivity index (χ0n) is 7.78. The van der Waals surface area contributed by atoms with Crippen LogP contribution in [0.15, 0.2) is 30.3 Å². The summed E-state index contributed by atoms with van der Waals surface area (Å²) in [7, 11) is 1.55. The van der Waals surface area contributed by atoms with Crippen molar-refractivity contribution in [1.82, 2.24) is 5.32 Å². The molecule has 0 aliphatic rings. The number of carbonyl (C=O) groups excluding carboxylic acids is 1. The molecule has 0 bridgehead atoms. The fraction of sp³-hybridized carbons (Fsp3) is 0.300. The summed E-state index contributed by atoms with van der Waals surface area (Å²) in [5, 5.41) is 2.68. The molecule has 70 valence electrons. The zero-order valence-corrected chi connectivity index (χ0v) is 7.78. The molecule has 0 aromatic heterocycles. The number of nitrogens with one attached hydrogen (secondary N) is 1. The molecule has 3 heteroatoms. The minimum atomic E-state index is -0.257. The minimum absolute atomic E-state index is 0.116. The number of ether oxygens (including phenoxy) is 1. The van der Waals surface area contributed by atoms with Crippen LogP contribution in [0.2, 0.25) is 0 Å². The van der Waals surface area contributed by atoms with Crippen molar-refractivity contribution in [1.29, 1.82) is 0 Å². The average Bonchev–Trinajstić information content (AvgIpc) is 2.19. The van der Waals surface area contributed by atoms with E-state index >= 15 is 0 Å². The first-order valence-electron chi connectivity index (χ1n) is 4.12. The number of hydrogen-bond acceptors (Lipinski definition) is 2. The highest BCUT2D eigenvalue weighted by Gasteiger charge is 2.06. The molecule has 1 rings (SSSR count). The van der Waals surface area contributed by atoms with Crippen LogP contribution in [-0.2, 0) is 4.74 Å². The molecule has 0 spiro atoms. The number of rotatable bonds is 3. The summed E-state index contributed by atoms with van der Waals surface area (Å²) in [4.78, 5) is 11.4. The first-order chi connectivity index (χ1) is 6.24. The molecule has 0 aliphatic heterocycles. The van der Waals surface area contributed by atoms with Gasteiger partial charge in [0.15, 0.2) is 0 Å². The lowest BCUT2D eigenvalue weighted by Gasteiger charge is -2.11. The Hall–Kier alpha value is -1.35. The number of carbonyl (C=O) groups is 1. The molecule has 0 saturated carbocycles. The summed E-state index contributed by atoms with van der Waals surface area (Å²) < 4.78 is 4.91. The van der Waals surface area contributed by atoms with Crippen molar-refractivity contribution in [2.24, 2.45) is 0 Å². The topological polar surface area (TPSA) is 38.3 Å². The molecular weight excluding hydrogens is 166 g/mol. The highest BCUT2D eigenvalue weighted by atomic mass is 16.5. The van der Waals surface area contributed by atoms with Gasteiger partial charge in [0.1, 0.15) is 6.23 Å². The third kappa shape index (κ3) is 2.87. The molecule has 1 N–H and O–H groups in total. The fourth-order valence-electron chi connectivity index (χ4n) is 0.916. The molecule has 0 heterocycles. The van der Waals surface area contributed by atoms with E-state index in [0.29, 0.717) is 5.56 Å². The normalized spacial score (nSPS) is 12.2. The Morgan fingerprint density at radius 2 is 2.00 bits per heavy atom. The SMILES string of the molecule is COC(C)NC(=O)c1ccccc1. The van der Waals surface area contributed by atoms with Crippen LogP contribution in [-0.4, -0.2) is 19.2 Å². The van der Waals surface area contributed by atoms with Crippen molar-refractivity contribution >= 4 is 5.91 Å². The van der Waals surface area contributed by atoms with E-state index in [2.05, 4.69) is 5.32 Å². The van der Waals surface area contributed by atoms with Crippen LogP contribution in [0.5, 0.6) is 0 Å². The van der Waals surface area contributed by atoms with E-state index in [1.54, 1.807) is 26.2 Å². The Bertz CT molecular complexity index is 272. The second-order valence-corrected chi connectivity index (χ2v) is 2.72. The lowest BCUT2D eigenvalue weighted by Crippen LogP contribution is -2.33. The van der Waals surface area contributed by atoms with Gasteiger partial charge in [-0.1, -0.05) is 18.2 Å². The Morgan fingerprint density at radius 3 is 2.54 bits per heavy atom. The number of benzene rings is 1. The van der Waals surface area contributed by atoms with E-state index in [9.17, 15) is 4.79 Å². The monoisotopic (exact) mass is 179 g/mol. The van der Waals surface area contributed by atoms with Gasteiger partial charge in [0, 0.05) is 12.7 Å². The molecule has 3 nitrogen and oxygen atoms in total. The van der Waals surface area contributed by atoms with Gasteiger partial charge >= 0.3 is 0 Å². The molecule has 0 radical (unpaired) electrons. The summed E-state index contributed by atoms with van der Waals surface area (Å²) >= 11 is 0. The van der Waals surface area contributed by atoms with Gasteiger partial charge in [-0.15, -0.1) is 0 Å². The minimum Gasteiger partial charge on any atom is -0.362 e. The van der Waals surface area contributed by atoms with Gasteiger partial charge in [-0.05, 0) is 19.1 Å². The van der Waals surface area contributed by atoms with Crippen LogP contribution in [0, 0.1) is 0 Å². The second kappa shape index (κ2) is 4.62. The molecule has 13 heavy (non-hydrogen) atoms. The third-order valence-electron chi connectivity index (χ3n) is 1.72. The van der Waals surface area contributed by atoms with Gasteiger partial charge in [-0.3, -0.25) is 4.79 Å². The first-order valence-corrected chi connectivity index (χ1v) is 4.12. The number of amides is 1. The maximum atomic E-state index is 11.4. The van der Waals surface area contributed by atoms with Gasteiger partial charge in [0.25, 0.3) is 5.91 Å². The van der Waals surface area contributed by atoms with Crippen LogP contribution >= 0.6 is 0 Å². The van der Waals surface area contributed by atoms with E-state index in [4.69, 9.17) is 4.74 Å². The van der Waals surface area contributed by atoms with Crippen LogP contribution < -0.4 is 5.32 Å². The summed E-state index contributed by atoms with van der Waals surface area (Å²) in [5.74, 6) is -0.116. The molecule has 1 aromatic rings. The molecule has 0 saturated heterocycles. The van der Waals surface area contributed by atoms with Gasteiger partial charge in [-0.25, -0.2) is 0 Å². The van der Waals surface area contributed by atoms with E-state index < -0.39 is 0 Å². The van der Waals surface area contributed by atoms with Gasteiger partial charge < -0.3 is 10.1 Å². The molecule has 1 atom stereocenters. The Labute approximate surface area is 77.7 Å². The Morgan fingerprint density at radius 1 is 1.38 bits per heavy atom. The second-order valence-electron chi connectivity index (χ2n) is 2.72. The maximum absolute atomic E-state index is 11.4. The molecule has 1 unspecified atom stereocenters. The third-order valence-corrected chi connectivity index (χ3v) is 1.72. The van der Waals surface area contributed by atoms with Crippen LogP contribution in [0.4, 0.5) is 0 Å². The van der Waals surface area contributed by atoms with Crippen molar-refractivity contribution in [3.8, 4) is 0 Å². The van der Waals surface area contributed by atoms with Crippen molar-refractivity contribution in [2.45, 2.75) is 13.2 Å². The molecular formula is C10H13NO2. The standard InChI is InChI=1S/C10H13NO2/c1-8(13-2)11-10(12)9-6-4-3-5-7-9/h3-8H,1-2H3,(H,11,12). The maximum Gasteiger partial charge on any atom is 0.253 e. The first kappa shape index (κ1) is 9.74. The summed E-state index contributed by atoms with van der Waals surface area (Å²) in [5.41, 5.74) is 0.645. The van der Waals surface area contributed by atoms with E-state index in [1.807, 2.05) is 18.2 Å². The number of methoxy groups -OCH3 is 1. The van der Waals surface area contributed by atoms with Crippen LogP contribution in [0.25, 0.3) is 0 Å². The number of hydrogen-bond donors (Lipinski definition) is 1. The van der Waals surface area contributed by atoms with Gasteiger partial charge in [-0.2, -0.15) is 0 Å². The van der Waals surface area contributed by atoms with Crippen molar-refractivity contribution in [3.63, 3.8) is 0 Å². The Balaban J connectivity index is 2.59. The van der Waals surface area contributed by atoms with E-state index in [0.717, 1.165) is 0 Å². The highest BCUT2D eigenvalue weighted by Crippen LogP contribution is 1.98. The molecule has 1 aromatic carbocycles. The average molecular weight is 179 g/mol. The smallest absolute Gasteiger partial charge is 0.253 e. The lowest BCUT2D eigenvalue weighted by atomic mass is 10.2. The molecule has 1 amide bonds. The van der Waals surface area contributed by atoms with E-state index in [-0.39, 0.29) is 12.1 Å². The molecule has 0 aliphatic carbocycles. The summed E-state index contributed by atoms with van der Waals surface area (Å²) in [6, 6.07) is 9.05. The predicted molar refractivity (Wildman–Crippen MR) is 50.4 cm³/mol. The summed E-state index contributed by atoms with van der Waals surface area (Å²) in [6.07, 6.45) is -0.257. The van der Waals surface area contributed by atoms with Crippen molar-refractivity contribution < 1.29 is 9.53 Å². The van der Waals surface area contributed by atoms with Crippen molar-refractivity contribution in [2.75, 3.05) is 7.11 Å². The van der Waals surface area contributed by atoms with Crippen molar-refractivity contribution in [3.05, 3.63) is 35.9 Å². The molecule has 0 fully saturated rings. The zero-order chi connectivity index (χ0) is 9.68. The Kier molecular flexibility index (Phi) is 3.46. The predicted octanol–water partition coefficient (Wildman–Crippen LogP) is 1.41. The fourth-order valence-corrected chi connectivity index (χ4v) is 0.916. The van der Waals surface area contributed by atoms with Crippen LogP contribution in [0.3, 0.4) is 0 Å². The highest BCUT2D eigenvalue weighted by molar-refractivity contribution is 5.94. The quantitative estimate of drug-likeness (QED) is 0.712. The van der Waals surface area contributed by atoms with Gasteiger partial charge in [0.2, 0.25) is 0 Å². The van der Waals surface area contributed by atoms with E-state index in [1.165, 1.54) is 0 Å². The largest absolute Gasteiger partial charge is 0.362 e.